The molecule has 1 N–H and O–H groups in total. The van der Waals surface area contributed by atoms with E-state index in [-0.39, 0.29) is 17.4 Å². The SMILES string of the molecule is COc1ccc(CN2CC3(C2)CN(Cc2cccc(Cl)c2)C(=O)c2cc(-c4cc(NC(C)C)ncc4Cl)cn2C3)c(OC)c1. The number of fused-ring (bicyclic) bond motifs is 1. The molecule has 4 aromatic rings. The molecule has 0 aliphatic carbocycles. The van der Waals surface area contributed by atoms with Gasteiger partial charge in [0, 0.05) is 90.9 Å². The van der Waals surface area contributed by atoms with Gasteiger partial charge in [-0.15, -0.1) is 0 Å². The van der Waals surface area contributed by atoms with Crippen LogP contribution in [0.2, 0.25) is 10.0 Å². The van der Waals surface area contributed by atoms with Gasteiger partial charge in [-0.3, -0.25) is 9.69 Å². The smallest absolute Gasteiger partial charge is 0.270 e. The molecule has 0 atom stereocenters. The van der Waals surface area contributed by atoms with E-state index >= 15 is 0 Å². The second kappa shape index (κ2) is 12.3. The quantitative estimate of drug-likeness (QED) is 0.217. The van der Waals surface area contributed by atoms with Gasteiger partial charge < -0.3 is 24.3 Å². The third kappa shape index (κ3) is 6.25. The summed E-state index contributed by atoms with van der Waals surface area (Å²) in [4.78, 5) is 23.0. The lowest BCUT2D eigenvalue weighted by molar-refractivity contribution is -0.0358. The highest BCUT2D eigenvalue weighted by Crippen LogP contribution is 2.41. The van der Waals surface area contributed by atoms with Crippen molar-refractivity contribution in [2.24, 2.45) is 5.41 Å². The number of carbonyl (C=O) groups excluding carboxylic acids is 1. The second-order valence-electron chi connectivity index (χ2n) is 12.2. The number of hydrogen-bond donors (Lipinski definition) is 1. The molecule has 1 saturated heterocycles. The molecule has 0 radical (unpaired) electrons. The fraction of sp³-hybridized carbons (Fsp3) is 0.353. The first kappa shape index (κ1) is 30.3. The zero-order chi connectivity index (χ0) is 31.0. The molecule has 2 aliphatic rings. The number of pyridine rings is 1. The molecule has 8 nitrogen and oxygen atoms in total. The molecule has 44 heavy (non-hydrogen) atoms. The molecule has 6 rings (SSSR count). The Hall–Kier alpha value is -3.72. The number of methoxy groups -OCH3 is 2. The molecular weight excluding hydrogens is 597 g/mol. The van der Waals surface area contributed by atoms with Crippen LogP contribution in [-0.4, -0.2) is 65.2 Å². The van der Waals surface area contributed by atoms with Gasteiger partial charge in [0.2, 0.25) is 0 Å². The van der Waals surface area contributed by atoms with Crippen LogP contribution in [-0.2, 0) is 19.6 Å². The summed E-state index contributed by atoms with van der Waals surface area (Å²) >= 11 is 13.0. The fourth-order valence-electron chi connectivity index (χ4n) is 6.47. The van der Waals surface area contributed by atoms with E-state index in [0.29, 0.717) is 28.8 Å². The first-order valence-electron chi connectivity index (χ1n) is 14.7. The van der Waals surface area contributed by atoms with Crippen LogP contribution in [0.4, 0.5) is 5.82 Å². The number of hydrogen-bond acceptors (Lipinski definition) is 6. The normalized spacial score (nSPS) is 16.1. The Morgan fingerprint density at radius 2 is 1.80 bits per heavy atom. The first-order valence-corrected chi connectivity index (χ1v) is 15.5. The lowest BCUT2D eigenvalue weighted by atomic mass is 9.78. The van der Waals surface area contributed by atoms with Gasteiger partial charge in [-0.25, -0.2) is 4.98 Å². The van der Waals surface area contributed by atoms with Crippen molar-refractivity contribution in [1.29, 1.82) is 0 Å². The molecule has 10 heteroatoms. The molecule has 1 spiro atoms. The molecule has 0 bridgehead atoms. The van der Waals surface area contributed by atoms with E-state index in [1.54, 1.807) is 20.4 Å². The van der Waals surface area contributed by atoms with Crippen LogP contribution in [0.15, 0.2) is 67.0 Å². The Kier molecular flexibility index (Phi) is 8.51. The van der Waals surface area contributed by atoms with Crippen LogP contribution < -0.4 is 14.8 Å². The Morgan fingerprint density at radius 1 is 0.977 bits per heavy atom. The highest BCUT2D eigenvalue weighted by atomic mass is 35.5. The number of nitrogens with zero attached hydrogens (tertiary/aromatic N) is 4. The van der Waals surface area contributed by atoms with Gasteiger partial charge >= 0.3 is 0 Å². The number of aromatic nitrogens is 2. The highest BCUT2D eigenvalue weighted by Gasteiger charge is 2.47. The standard InChI is InChI=1S/C34H37Cl2N5O3/c1-22(2)38-32-13-28(29(36)14-37-32)25-11-30-33(42)41(15-23-6-5-7-26(35)10-23)21-34(20-40(30)17-25)18-39(19-34)16-24-8-9-27(43-3)12-31(24)44-4/h5-14,17,22H,15-16,18-21H2,1-4H3,(H,37,38). The predicted molar refractivity (Wildman–Crippen MR) is 175 cm³/mol. The topological polar surface area (TPSA) is 71.9 Å². The summed E-state index contributed by atoms with van der Waals surface area (Å²) in [7, 11) is 3.34. The summed E-state index contributed by atoms with van der Waals surface area (Å²) in [5.74, 6) is 2.31. The number of nitrogens with one attached hydrogen (secondary N) is 1. The largest absolute Gasteiger partial charge is 0.497 e. The van der Waals surface area contributed by atoms with E-state index < -0.39 is 0 Å². The average molecular weight is 635 g/mol. The van der Waals surface area contributed by atoms with Gasteiger partial charge in [0.15, 0.2) is 0 Å². The number of rotatable bonds is 9. The van der Waals surface area contributed by atoms with Gasteiger partial charge in [-0.05, 0) is 49.7 Å². The van der Waals surface area contributed by atoms with E-state index in [2.05, 4.69) is 45.9 Å². The molecule has 4 heterocycles. The zero-order valence-corrected chi connectivity index (χ0v) is 27.0. The van der Waals surface area contributed by atoms with Crippen LogP contribution in [0.5, 0.6) is 11.5 Å². The summed E-state index contributed by atoms with van der Waals surface area (Å²) in [5.41, 5.74) is 4.37. The molecule has 0 unspecified atom stereocenters. The Bertz CT molecular complexity index is 1680. The average Bonchev–Trinajstić information content (AvgIpc) is 3.35. The number of amides is 1. The van der Waals surface area contributed by atoms with Crippen molar-refractivity contribution < 1.29 is 14.3 Å². The summed E-state index contributed by atoms with van der Waals surface area (Å²) in [6.45, 7) is 8.40. The van der Waals surface area contributed by atoms with Crippen molar-refractivity contribution in [3.8, 4) is 22.6 Å². The number of benzene rings is 2. The van der Waals surface area contributed by atoms with Crippen molar-refractivity contribution in [2.45, 2.75) is 39.5 Å². The van der Waals surface area contributed by atoms with Crippen LogP contribution in [0.25, 0.3) is 11.1 Å². The number of ether oxygens (including phenoxy) is 2. The molecule has 0 saturated carbocycles. The van der Waals surface area contributed by atoms with Gasteiger partial charge in [-0.2, -0.15) is 0 Å². The lowest BCUT2D eigenvalue weighted by Gasteiger charge is -2.51. The maximum Gasteiger partial charge on any atom is 0.270 e. The minimum atomic E-state index is -0.123. The highest BCUT2D eigenvalue weighted by molar-refractivity contribution is 6.33. The van der Waals surface area contributed by atoms with Gasteiger partial charge in [0.25, 0.3) is 5.91 Å². The number of halogens is 2. The van der Waals surface area contributed by atoms with E-state index in [1.807, 2.05) is 53.4 Å². The molecule has 1 fully saturated rings. The van der Waals surface area contributed by atoms with Gasteiger partial charge in [0.05, 0.1) is 19.2 Å². The number of anilines is 1. The Balaban J connectivity index is 1.31. The van der Waals surface area contributed by atoms with E-state index in [0.717, 1.165) is 65.7 Å². The maximum absolute atomic E-state index is 14.2. The van der Waals surface area contributed by atoms with E-state index in [9.17, 15) is 4.79 Å². The molecule has 2 aromatic carbocycles. The van der Waals surface area contributed by atoms with Crippen LogP contribution >= 0.6 is 23.2 Å². The minimum Gasteiger partial charge on any atom is -0.497 e. The van der Waals surface area contributed by atoms with Crippen molar-refractivity contribution in [1.82, 2.24) is 19.4 Å². The maximum atomic E-state index is 14.2. The number of carbonyl (C=O) groups is 1. The second-order valence-corrected chi connectivity index (χ2v) is 13.0. The minimum absolute atomic E-state index is 0.00548. The van der Waals surface area contributed by atoms with Gasteiger partial charge in [-0.1, -0.05) is 41.4 Å². The lowest BCUT2D eigenvalue weighted by Crippen LogP contribution is -2.61. The van der Waals surface area contributed by atoms with Crippen LogP contribution in [0, 0.1) is 5.41 Å². The van der Waals surface area contributed by atoms with Crippen molar-refractivity contribution in [3.63, 3.8) is 0 Å². The monoisotopic (exact) mass is 633 g/mol. The van der Waals surface area contributed by atoms with Crippen LogP contribution in [0.3, 0.4) is 0 Å². The van der Waals surface area contributed by atoms with Crippen molar-refractivity contribution in [3.05, 3.63) is 93.9 Å². The number of likely N-dealkylation sites (tertiary alicyclic amines) is 1. The van der Waals surface area contributed by atoms with E-state index in [1.165, 1.54) is 0 Å². The third-order valence-electron chi connectivity index (χ3n) is 8.31. The van der Waals surface area contributed by atoms with Crippen molar-refractivity contribution >= 4 is 34.9 Å². The third-order valence-corrected chi connectivity index (χ3v) is 8.84. The van der Waals surface area contributed by atoms with Gasteiger partial charge in [0.1, 0.15) is 23.0 Å². The van der Waals surface area contributed by atoms with Crippen molar-refractivity contribution in [2.75, 3.05) is 39.2 Å². The fourth-order valence-corrected chi connectivity index (χ4v) is 6.90. The molecule has 2 aromatic heterocycles. The summed E-state index contributed by atoms with van der Waals surface area (Å²) < 4.78 is 13.2. The summed E-state index contributed by atoms with van der Waals surface area (Å²) in [6, 6.07) is 17.8. The zero-order valence-electron chi connectivity index (χ0n) is 25.4. The molecular formula is C34H37Cl2N5O3. The predicted octanol–water partition coefficient (Wildman–Crippen LogP) is 6.85. The Morgan fingerprint density at radius 3 is 2.52 bits per heavy atom. The molecule has 230 valence electrons. The van der Waals surface area contributed by atoms with E-state index in [4.69, 9.17) is 32.7 Å². The summed E-state index contributed by atoms with van der Waals surface area (Å²) in [6.07, 6.45) is 3.73. The Labute approximate surface area is 268 Å². The molecule has 2 aliphatic heterocycles. The first-order chi connectivity index (χ1) is 21.1. The molecule has 1 amide bonds. The summed E-state index contributed by atoms with van der Waals surface area (Å²) in [5, 5.41) is 4.55. The van der Waals surface area contributed by atoms with Crippen LogP contribution in [0.1, 0.15) is 35.5 Å².